The summed E-state index contributed by atoms with van der Waals surface area (Å²) in [6, 6.07) is 4.38. The third-order valence-electron chi connectivity index (χ3n) is 3.70. The van der Waals surface area contributed by atoms with Crippen molar-refractivity contribution in [1.82, 2.24) is 10.6 Å². The Balaban J connectivity index is 0.00000200. The van der Waals surface area contributed by atoms with E-state index in [0.717, 1.165) is 17.3 Å². The van der Waals surface area contributed by atoms with Gasteiger partial charge in [0.1, 0.15) is 5.60 Å². The standard InChI is InChI=1S/C14H23N3OS.HI/c1-13(2)8-10(13)17-12(15-4)16-9-14(3,18)11-6-5-7-19-11;/h5-7,10,18H,8-9H2,1-4H3,(H2,15,16,17);1H. The molecule has 1 aliphatic rings. The highest BCUT2D eigenvalue weighted by atomic mass is 127. The number of hydrogen-bond donors (Lipinski definition) is 3. The van der Waals surface area contributed by atoms with Crippen LogP contribution in [0.15, 0.2) is 22.5 Å². The lowest BCUT2D eigenvalue weighted by Gasteiger charge is -2.24. The van der Waals surface area contributed by atoms with E-state index in [4.69, 9.17) is 0 Å². The Morgan fingerprint density at radius 2 is 2.25 bits per heavy atom. The molecule has 2 rings (SSSR count). The van der Waals surface area contributed by atoms with Crippen molar-refractivity contribution in [2.45, 2.75) is 38.8 Å². The number of rotatable bonds is 4. The van der Waals surface area contributed by atoms with Crippen molar-refractivity contribution < 1.29 is 5.11 Å². The predicted octanol–water partition coefficient (Wildman–Crippen LogP) is 2.54. The lowest BCUT2D eigenvalue weighted by Crippen LogP contribution is -2.45. The maximum Gasteiger partial charge on any atom is 0.191 e. The fraction of sp³-hybridized carbons (Fsp3) is 0.643. The molecule has 0 spiro atoms. The van der Waals surface area contributed by atoms with Gasteiger partial charge in [0.25, 0.3) is 0 Å². The number of halogens is 1. The van der Waals surface area contributed by atoms with Crippen molar-refractivity contribution in [3.63, 3.8) is 0 Å². The molecule has 2 unspecified atom stereocenters. The molecule has 0 aliphatic heterocycles. The molecule has 0 aromatic carbocycles. The Kier molecular flexibility index (Phi) is 5.86. The van der Waals surface area contributed by atoms with Gasteiger partial charge in [-0.15, -0.1) is 35.3 Å². The van der Waals surface area contributed by atoms with Crippen LogP contribution in [0.3, 0.4) is 0 Å². The maximum atomic E-state index is 10.4. The minimum atomic E-state index is -0.870. The third-order valence-corrected chi connectivity index (χ3v) is 4.82. The summed E-state index contributed by atoms with van der Waals surface area (Å²) in [7, 11) is 1.75. The van der Waals surface area contributed by atoms with E-state index in [0.29, 0.717) is 18.0 Å². The van der Waals surface area contributed by atoms with Crippen LogP contribution >= 0.6 is 35.3 Å². The smallest absolute Gasteiger partial charge is 0.191 e. The Labute approximate surface area is 142 Å². The lowest BCUT2D eigenvalue weighted by molar-refractivity contribution is 0.0655. The highest BCUT2D eigenvalue weighted by molar-refractivity contribution is 14.0. The second-order valence-electron chi connectivity index (χ2n) is 6.07. The molecule has 1 aromatic heterocycles. The summed E-state index contributed by atoms with van der Waals surface area (Å²) in [6.45, 7) is 6.74. The van der Waals surface area contributed by atoms with Crippen LogP contribution in [0.1, 0.15) is 32.1 Å². The number of hydrogen-bond acceptors (Lipinski definition) is 3. The maximum absolute atomic E-state index is 10.4. The van der Waals surface area contributed by atoms with Gasteiger partial charge in [-0.05, 0) is 30.2 Å². The molecule has 6 heteroatoms. The van der Waals surface area contributed by atoms with E-state index in [1.165, 1.54) is 0 Å². The highest BCUT2D eigenvalue weighted by Gasteiger charge is 2.46. The number of thiophene rings is 1. The van der Waals surface area contributed by atoms with E-state index < -0.39 is 5.60 Å². The third kappa shape index (κ3) is 4.33. The molecule has 114 valence electrons. The molecule has 0 radical (unpaired) electrons. The molecule has 1 aliphatic carbocycles. The minimum absolute atomic E-state index is 0. The van der Waals surface area contributed by atoms with E-state index in [9.17, 15) is 5.11 Å². The molecule has 0 bridgehead atoms. The van der Waals surface area contributed by atoms with Crippen LogP contribution in [0.2, 0.25) is 0 Å². The quantitative estimate of drug-likeness (QED) is 0.407. The summed E-state index contributed by atoms with van der Waals surface area (Å²) in [5, 5.41) is 19.0. The number of guanidine groups is 1. The second kappa shape index (κ2) is 6.62. The van der Waals surface area contributed by atoms with Crippen LogP contribution in [0.5, 0.6) is 0 Å². The van der Waals surface area contributed by atoms with Crippen LogP contribution in [0.25, 0.3) is 0 Å². The Bertz CT molecular complexity index is 457. The van der Waals surface area contributed by atoms with Gasteiger partial charge in [0.2, 0.25) is 0 Å². The largest absolute Gasteiger partial charge is 0.383 e. The Hall–Kier alpha value is -0.340. The number of aliphatic imine (C=N–C) groups is 1. The first-order valence-corrected chi connectivity index (χ1v) is 7.47. The van der Waals surface area contributed by atoms with E-state index in [2.05, 4.69) is 29.5 Å². The molecule has 3 N–H and O–H groups in total. The monoisotopic (exact) mass is 409 g/mol. The van der Waals surface area contributed by atoms with Crippen molar-refractivity contribution in [1.29, 1.82) is 0 Å². The van der Waals surface area contributed by atoms with Crippen LogP contribution in [0.4, 0.5) is 0 Å². The van der Waals surface area contributed by atoms with Gasteiger partial charge in [-0.1, -0.05) is 19.9 Å². The predicted molar refractivity (Wildman–Crippen MR) is 96.0 cm³/mol. The van der Waals surface area contributed by atoms with Crippen LogP contribution in [-0.4, -0.2) is 30.7 Å². The summed E-state index contributed by atoms with van der Waals surface area (Å²) in [5.41, 5.74) is -0.515. The molecular weight excluding hydrogens is 385 g/mol. The first kappa shape index (κ1) is 17.7. The highest BCUT2D eigenvalue weighted by Crippen LogP contribution is 2.44. The van der Waals surface area contributed by atoms with Crippen LogP contribution < -0.4 is 10.6 Å². The Morgan fingerprint density at radius 3 is 2.70 bits per heavy atom. The van der Waals surface area contributed by atoms with Crippen molar-refractivity contribution in [3.8, 4) is 0 Å². The van der Waals surface area contributed by atoms with Gasteiger partial charge in [-0.2, -0.15) is 0 Å². The summed E-state index contributed by atoms with van der Waals surface area (Å²) >= 11 is 1.56. The van der Waals surface area contributed by atoms with Gasteiger partial charge in [-0.3, -0.25) is 4.99 Å². The molecule has 4 nitrogen and oxygen atoms in total. The molecule has 2 atom stereocenters. The van der Waals surface area contributed by atoms with Gasteiger partial charge in [0, 0.05) is 18.0 Å². The van der Waals surface area contributed by atoms with Gasteiger partial charge < -0.3 is 15.7 Å². The summed E-state index contributed by atoms with van der Waals surface area (Å²) < 4.78 is 0. The van der Waals surface area contributed by atoms with Gasteiger partial charge in [-0.25, -0.2) is 0 Å². The average Bonchev–Trinajstić information content (AvgIpc) is 2.80. The molecule has 1 fully saturated rings. The number of nitrogens with zero attached hydrogens (tertiary/aromatic N) is 1. The zero-order chi connectivity index (χ0) is 14.1. The molecule has 20 heavy (non-hydrogen) atoms. The van der Waals surface area contributed by atoms with Crippen molar-refractivity contribution in [3.05, 3.63) is 22.4 Å². The fourth-order valence-electron chi connectivity index (χ4n) is 2.00. The lowest BCUT2D eigenvalue weighted by atomic mass is 10.1. The summed E-state index contributed by atoms with van der Waals surface area (Å²) in [5.74, 6) is 0.757. The van der Waals surface area contributed by atoms with Crippen molar-refractivity contribution >= 4 is 41.3 Å². The van der Waals surface area contributed by atoms with Crippen molar-refractivity contribution in [2.24, 2.45) is 10.4 Å². The van der Waals surface area contributed by atoms with E-state index >= 15 is 0 Å². The van der Waals surface area contributed by atoms with Gasteiger partial charge >= 0.3 is 0 Å². The van der Waals surface area contributed by atoms with Gasteiger partial charge in [0.15, 0.2) is 5.96 Å². The zero-order valence-corrected chi connectivity index (χ0v) is 15.6. The molecule has 1 heterocycles. The Morgan fingerprint density at radius 1 is 1.60 bits per heavy atom. The summed E-state index contributed by atoms with van der Waals surface area (Å²) in [4.78, 5) is 5.17. The minimum Gasteiger partial charge on any atom is -0.383 e. The van der Waals surface area contributed by atoms with Gasteiger partial charge in [0.05, 0.1) is 6.54 Å². The number of nitrogens with one attached hydrogen (secondary N) is 2. The SMILES string of the molecule is CN=C(NCC(C)(O)c1cccs1)NC1CC1(C)C.I. The topological polar surface area (TPSA) is 56.7 Å². The summed E-state index contributed by atoms with van der Waals surface area (Å²) in [6.07, 6.45) is 1.16. The molecule has 0 saturated heterocycles. The van der Waals surface area contributed by atoms with E-state index in [1.807, 2.05) is 24.4 Å². The second-order valence-corrected chi connectivity index (χ2v) is 7.01. The fourth-order valence-corrected chi connectivity index (χ4v) is 2.79. The number of aliphatic hydroxyl groups is 1. The molecular formula is C14H24IN3OS. The van der Waals surface area contributed by atoms with Crippen LogP contribution in [0, 0.1) is 5.41 Å². The molecule has 0 amide bonds. The molecule has 1 aromatic rings. The molecule has 1 saturated carbocycles. The normalized spacial score (nSPS) is 23.4. The van der Waals surface area contributed by atoms with Crippen molar-refractivity contribution in [2.75, 3.05) is 13.6 Å². The van der Waals surface area contributed by atoms with Crippen LogP contribution in [-0.2, 0) is 5.60 Å². The first-order chi connectivity index (χ1) is 8.85. The first-order valence-electron chi connectivity index (χ1n) is 6.59. The van der Waals surface area contributed by atoms with E-state index in [1.54, 1.807) is 18.4 Å². The zero-order valence-electron chi connectivity index (χ0n) is 12.4. The van der Waals surface area contributed by atoms with E-state index in [-0.39, 0.29) is 24.0 Å². The average molecular weight is 409 g/mol.